The zero-order valence-corrected chi connectivity index (χ0v) is 20.7. The van der Waals surface area contributed by atoms with Crippen molar-refractivity contribution in [3.05, 3.63) is 68.6 Å². The third kappa shape index (κ3) is 4.21. The molecule has 2 aromatic carbocycles. The van der Waals surface area contributed by atoms with Crippen LogP contribution < -0.4 is 20.6 Å². The second kappa shape index (κ2) is 8.89. The summed E-state index contributed by atoms with van der Waals surface area (Å²) in [5, 5.41) is 20.1. The summed E-state index contributed by atoms with van der Waals surface area (Å²) in [7, 11) is -3.89. The van der Waals surface area contributed by atoms with Crippen LogP contribution in [0.15, 0.2) is 63.2 Å². The summed E-state index contributed by atoms with van der Waals surface area (Å²) in [6, 6.07) is 11.6. The molecule has 11 nitrogen and oxygen atoms in total. The Balaban J connectivity index is 1.49. The summed E-state index contributed by atoms with van der Waals surface area (Å²) >= 11 is 1.90. The van der Waals surface area contributed by atoms with Crippen LogP contribution in [0.5, 0.6) is 5.75 Å². The van der Waals surface area contributed by atoms with Crippen molar-refractivity contribution in [2.75, 3.05) is 5.32 Å². The number of hydrogen-bond acceptors (Lipinski definition) is 9. The summed E-state index contributed by atoms with van der Waals surface area (Å²) in [6.45, 7) is -0.380. The first-order valence-electron chi connectivity index (χ1n) is 10.5. The maximum Gasteiger partial charge on any atom is 0.308 e. The second-order valence-corrected chi connectivity index (χ2v) is 11.9. The van der Waals surface area contributed by atoms with Gasteiger partial charge in [-0.2, -0.15) is 0 Å². The Morgan fingerprint density at radius 2 is 1.78 bits per heavy atom. The summed E-state index contributed by atoms with van der Waals surface area (Å²) in [4.78, 5) is 50.8. The number of phenols is 1. The molecule has 3 amide bonds. The van der Waals surface area contributed by atoms with Crippen molar-refractivity contribution >= 4 is 56.5 Å². The van der Waals surface area contributed by atoms with Gasteiger partial charge >= 0.3 is 4.87 Å². The highest BCUT2D eigenvalue weighted by Crippen LogP contribution is 2.52. The van der Waals surface area contributed by atoms with Crippen LogP contribution in [0.3, 0.4) is 0 Å². The van der Waals surface area contributed by atoms with Crippen LogP contribution in [0.1, 0.15) is 16.4 Å². The van der Waals surface area contributed by atoms with Crippen LogP contribution in [-0.2, 0) is 31.0 Å². The quantitative estimate of drug-likeness (QED) is 0.339. The van der Waals surface area contributed by atoms with Gasteiger partial charge in [0.2, 0.25) is 27.7 Å². The topological polar surface area (TPSA) is 178 Å². The van der Waals surface area contributed by atoms with Crippen molar-refractivity contribution in [3.8, 4) is 5.75 Å². The molecular weight excluding hydrogens is 528 g/mol. The third-order valence-corrected chi connectivity index (χ3v) is 9.47. The fourth-order valence-electron chi connectivity index (χ4n) is 4.33. The number of nitrogens with one attached hydrogen (secondary N) is 2. The lowest BCUT2D eigenvalue weighted by Crippen LogP contribution is -2.32. The van der Waals surface area contributed by atoms with E-state index in [1.807, 2.05) is 0 Å². The van der Waals surface area contributed by atoms with Crippen molar-refractivity contribution in [2.24, 2.45) is 11.1 Å². The molecule has 0 aliphatic carbocycles. The number of nitrogens with zero attached hydrogens (tertiary/aromatic N) is 1. The molecule has 2 unspecified atom stereocenters. The van der Waals surface area contributed by atoms with E-state index in [4.69, 9.17) is 5.14 Å². The van der Waals surface area contributed by atoms with Gasteiger partial charge in [-0.15, -0.1) is 0 Å². The molecule has 2 aliphatic heterocycles. The third-order valence-electron chi connectivity index (χ3n) is 5.93. The monoisotopic (exact) mass is 546 g/mol. The highest BCUT2D eigenvalue weighted by molar-refractivity contribution is 8.00. The lowest BCUT2D eigenvalue weighted by Gasteiger charge is -2.31. The number of carbonyl (C=O) groups excluding carboxylic acids is 3. The molecule has 36 heavy (non-hydrogen) atoms. The van der Waals surface area contributed by atoms with Crippen molar-refractivity contribution < 1.29 is 27.9 Å². The van der Waals surface area contributed by atoms with E-state index in [1.165, 1.54) is 34.9 Å². The molecule has 3 atom stereocenters. The van der Waals surface area contributed by atoms with E-state index in [-0.39, 0.29) is 17.2 Å². The molecule has 3 heterocycles. The van der Waals surface area contributed by atoms with Crippen LogP contribution in [0.4, 0.5) is 5.69 Å². The van der Waals surface area contributed by atoms with Crippen molar-refractivity contribution in [1.82, 2.24) is 9.88 Å². The van der Waals surface area contributed by atoms with E-state index in [1.54, 1.807) is 18.2 Å². The second-order valence-electron chi connectivity index (χ2n) is 8.20. The van der Waals surface area contributed by atoms with Gasteiger partial charge in [-0.25, -0.2) is 13.6 Å². The van der Waals surface area contributed by atoms with Gasteiger partial charge in [-0.3, -0.25) is 29.1 Å². The first kappa shape index (κ1) is 24.2. The maximum absolute atomic E-state index is 13.0. The van der Waals surface area contributed by atoms with Gasteiger partial charge in [-0.1, -0.05) is 41.3 Å². The molecule has 1 aromatic heterocycles. The number of aromatic hydroxyl groups is 1. The Bertz CT molecular complexity index is 1580. The van der Waals surface area contributed by atoms with Crippen molar-refractivity contribution in [1.29, 1.82) is 0 Å². The minimum absolute atomic E-state index is 0.0701. The van der Waals surface area contributed by atoms with Gasteiger partial charge < -0.3 is 10.4 Å². The van der Waals surface area contributed by atoms with Crippen LogP contribution in [-0.4, -0.2) is 41.1 Å². The van der Waals surface area contributed by atoms with Gasteiger partial charge in [0.1, 0.15) is 17.5 Å². The Labute approximate surface area is 212 Å². The minimum Gasteiger partial charge on any atom is -0.508 e. The number of hydrogen-bond donors (Lipinski definition) is 4. The number of sulfonamides is 1. The van der Waals surface area contributed by atoms with Crippen molar-refractivity contribution in [2.45, 2.75) is 27.6 Å². The van der Waals surface area contributed by atoms with E-state index < -0.39 is 49.7 Å². The van der Waals surface area contributed by atoms with Gasteiger partial charge in [0.05, 0.1) is 15.8 Å². The molecule has 0 spiro atoms. The summed E-state index contributed by atoms with van der Waals surface area (Å²) in [5.74, 6) is -3.17. The Morgan fingerprint density at radius 1 is 1.08 bits per heavy atom. The highest BCUT2D eigenvalue weighted by atomic mass is 32.2. The molecule has 0 saturated carbocycles. The molecule has 3 aromatic rings. The number of carbonyl (C=O) groups is 3. The van der Waals surface area contributed by atoms with Crippen LogP contribution in [0.25, 0.3) is 0 Å². The SMILES string of the molecule is NS(=O)(=O)c1ccc(NC(=O)Cn2c3c(sc2=O)[C@@H](c2ccccc2O)C2C(=O)NC(=O)C2S3)cc1. The number of phenolic OH excluding ortho intramolecular Hbond substituents is 1. The molecule has 1 fully saturated rings. The van der Waals surface area contributed by atoms with E-state index in [0.717, 1.165) is 23.1 Å². The zero-order chi connectivity index (χ0) is 25.8. The van der Waals surface area contributed by atoms with Gasteiger partial charge in [0.25, 0.3) is 0 Å². The largest absolute Gasteiger partial charge is 0.508 e. The lowest BCUT2D eigenvalue weighted by molar-refractivity contribution is -0.126. The fourth-order valence-corrected chi connectivity index (χ4v) is 7.58. The predicted octanol–water partition coefficient (Wildman–Crippen LogP) is 0.780. The number of thioether (sulfide) groups is 1. The molecule has 0 radical (unpaired) electrons. The Morgan fingerprint density at radius 3 is 2.44 bits per heavy atom. The molecule has 1 saturated heterocycles. The minimum atomic E-state index is -3.89. The molecule has 5 N–H and O–H groups in total. The molecular formula is C22H18N4O7S3. The average molecular weight is 547 g/mol. The number of amides is 3. The molecule has 186 valence electrons. The normalized spacial score (nSPS) is 21.0. The number of para-hydroxylation sites is 1. The number of aromatic nitrogens is 1. The summed E-state index contributed by atoms with van der Waals surface area (Å²) in [5.41, 5.74) is 0.705. The molecule has 5 rings (SSSR count). The van der Waals surface area contributed by atoms with Crippen LogP contribution >= 0.6 is 23.1 Å². The van der Waals surface area contributed by atoms with Gasteiger partial charge in [-0.05, 0) is 30.3 Å². The fraction of sp³-hybridized carbons (Fsp3) is 0.182. The van der Waals surface area contributed by atoms with Gasteiger partial charge in [0.15, 0.2) is 0 Å². The number of benzene rings is 2. The van der Waals surface area contributed by atoms with Gasteiger partial charge in [0, 0.05) is 22.0 Å². The Kier molecular flexibility index (Phi) is 5.98. The van der Waals surface area contributed by atoms with E-state index >= 15 is 0 Å². The number of fused-ring (bicyclic) bond motifs is 2. The summed E-state index contributed by atoms with van der Waals surface area (Å²) in [6.07, 6.45) is 0. The average Bonchev–Trinajstić information content (AvgIpc) is 3.27. The van der Waals surface area contributed by atoms with E-state index in [9.17, 15) is 32.7 Å². The number of primary sulfonamides is 1. The lowest BCUT2D eigenvalue weighted by atomic mass is 9.82. The maximum atomic E-state index is 13.0. The predicted molar refractivity (Wildman–Crippen MR) is 131 cm³/mol. The van der Waals surface area contributed by atoms with E-state index in [2.05, 4.69) is 10.6 Å². The van der Waals surface area contributed by atoms with Crippen LogP contribution in [0.2, 0.25) is 0 Å². The number of rotatable bonds is 5. The number of nitrogens with two attached hydrogens (primary N) is 1. The number of thiazole rings is 1. The first-order chi connectivity index (χ1) is 17.0. The number of imide groups is 1. The molecule has 14 heteroatoms. The summed E-state index contributed by atoms with van der Waals surface area (Å²) < 4.78 is 24.1. The Hall–Kier alpha value is -3.46. The first-order valence-corrected chi connectivity index (χ1v) is 13.7. The van der Waals surface area contributed by atoms with E-state index in [0.29, 0.717) is 21.2 Å². The standard InChI is InChI=1S/C22H18N4O7S3/c23-36(32,33)11-7-5-10(6-8-11)24-14(28)9-26-21-18(35-22(26)31)15(12-3-1-2-4-13(12)27)16-17(34-21)20(30)25-19(16)29/h1-8,15-17,27H,9H2,(H,24,28)(H2,23,32,33)(H,25,29,30)/t15-,16?,17?/m0/s1. The van der Waals surface area contributed by atoms with Crippen molar-refractivity contribution in [3.63, 3.8) is 0 Å². The smallest absolute Gasteiger partial charge is 0.308 e. The molecule has 2 aliphatic rings. The van der Waals surface area contributed by atoms with Crippen LogP contribution in [0, 0.1) is 5.92 Å². The highest BCUT2D eigenvalue weighted by Gasteiger charge is 2.53. The molecule has 0 bridgehead atoms. The number of anilines is 1. The zero-order valence-electron chi connectivity index (χ0n) is 18.2.